The van der Waals surface area contributed by atoms with Crippen LogP contribution in [0.4, 0.5) is 0 Å². The number of unbranched alkanes of at least 4 members (excludes halogenated alkanes) is 1. The van der Waals surface area contributed by atoms with Gasteiger partial charge in [-0.2, -0.15) is 0 Å². The second-order valence-electron chi connectivity index (χ2n) is 5.73. The Morgan fingerprint density at radius 3 is 1.41 bits per heavy atom. The molecule has 7 N–H and O–H groups in total. The fourth-order valence-electron chi connectivity index (χ4n) is 1.82. The normalized spacial score (nSPS) is 9.44. The Balaban J connectivity index is 0. The molecule has 0 unspecified atom stereocenters. The van der Waals surface area contributed by atoms with Gasteiger partial charge in [-0.05, 0) is 31.0 Å². The zero-order valence-corrected chi connectivity index (χ0v) is 17.0. The molecule has 0 atom stereocenters. The molecular formula is C19H26O13. The molecule has 0 radical (unpaired) electrons. The van der Waals surface area contributed by atoms with E-state index in [2.05, 4.69) is 4.74 Å². The Hall–Kier alpha value is -3.55. The van der Waals surface area contributed by atoms with Crippen LogP contribution in [0.2, 0.25) is 0 Å². The fraction of sp³-hybridized carbons (Fsp3) is 0.421. The highest BCUT2D eigenvalue weighted by molar-refractivity contribution is 6.03. The van der Waals surface area contributed by atoms with Gasteiger partial charge < -0.3 is 40.5 Å². The number of hydrogen-bond donors (Lipinski definition) is 7. The van der Waals surface area contributed by atoms with Crippen LogP contribution in [-0.4, -0.2) is 92.0 Å². The Labute approximate surface area is 182 Å². The molecule has 0 aliphatic carbocycles. The number of carboxylic acid groups (broad SMARTS) is 5. The second kappa shape index (κ2) is 18.2. The Bertz CT molecular complexity index is 738. The number of benzene rings is 1. The zero-order valence-electron chi connectivity index (χ0n) is 17.0. The third-order valence-electron chi connectivity index (χ3n) is 3.23. The van der Waals surface area contributed by atoms with E-state index in [0.717, 1.165) is 18.2 Å². The van der Waals surface area contributed by atoms with Gasteiger partial charge in [0.1, 0.15) is 0 Å². The maximum absolute atomic E-state index is 10.6. The van der Waals surface area contributed by atoms with E-state index in [4.69, 9.17) is 35.7 Å². The first-order valence-electron chi connectivity index (χ1n) is 9.04. The van der Waals surface area contributed by atoms with Crippen molar-refractivity contribution in [1.82, 2.24) is 0 Å². The van der Waals surface area contributed by atoms with Gasteiger partial charge in [-0.15, -0.1) is 0 Å². The smallest absolute Gasteiger partial charge is 0.336 e. The lowest BCUT2D eigenvalue weighted by Crippen LogP contribution is -2.10. The molecule has 13 nitrogen and oxygen atoms in total. The van der Waals surface area contributed by atoms with E-state index in [-0.39, 0.29) is 31.6 Å². The van der Waals surface area contributed by atoms with Crippen LogP contribution < -0.4 is 0 Å². The molecule has 0 aliphatic rings. The van der Waals surface area contributed by atoms with Gasteiger partial charge in [0.05, 0.1) is 43.1 Å². The van der Waals surface area contributed by atoms with E-state index in [9.17, 15) is 24.0 Å². The van der Waals surface area contributed by atoms with Crippen LogP contribution in [0.25, 0.3) is 0 Å². The van der Waals surface area contributed by atoms with Gasteiger partial charge >= 0.3 is 29.8 Å². The first-order valence-corrected chi connectivity index (χ1v) is 9.04. The van der Waals surface area contributed by atoms with Crippen LogP contribution in [0.3, 0.4) is 0 Å². The molecule has 0 saturated carbocycles. The maximum atomic E-state index is 10.6. The molecule has 1 rings (SSSR count). The van der Waals surface area contributed by atoms with E-state index < -0.39 is 41.0 Å². The summed E-state index contributed by atoms with van der Waals surface area (Å²) < 4.78 is 4.63. The zero-order chi connectivity index (χ0) is 25.1. The quantitative estimate of drug-likeness (QED) is 0.210. The molecular weight excluding hydrogens is 436 g/mol. The molecule has 32 heavy (non-hydrogen) atoms. The van der Waals surface area contributed by atoms with Crippen molar-refractivity contribution >= 4 is 29.8 Å². The predicted octanol–water partition coefficient (Wildman–Crippen LogP) is 0.485. The number of rotatable bonds is 12. The Kier molecular flexibility index (Phi) is 17.5. The molecule has 0 fully saturated rings. The summed E-state index contributed by atoms with van der Waals surface area (Å²) in [5, 5.41) is 58.3. The summed E-state index contributed by atoms with van der Waals surface area (Å²) in [5.74, 6) is -5.94. The van der Waals surface area contributed by atoms with Gasteiger partial charge in [-0.1, -0.05) is 0 Å². The number of carbonyl (C=O) groups is 5. The minimum atomic E-state index is -1.48. The van der Waals surface area contributed by atoms with Crippen LogP contribution in [-0.2, 0) is 14.3 Å². The molecule has 0 heterocycles. The largest absolute Gasteiger partial charge is 0.481 e. The Morgan fingerprint density at radius 2 is 1.09 bits per heavy atom. The third kappa shape index (κ3) is 16.3. The van der Waals surface area contributed by atoms with E-state index in [1.807, 2.05) is 0 Å². The summed E-state index contributed by atoms with van der Waals surface area (Å²) in [7, 11) is 0. The summed E-state index contributed by atoms with van der Waals surface area (Å²) >= 11 is 0. The highest BCUT2D eigenvalue weighted by atomic mass is 16.5. The monoisotopic (exact) mass is 462 g/mol. The number of ether oxygens (including phenoxy) is 1. The molecule has 0 bridgehead atoms. The topological polar surface area (TPSA) is 236 Å². The standard InChI is InChI=1S/C9H6O6.C6H10O4.C4H10O3/c10-7(11)4-1-2-5(8(12)13)6(3-4)9(14)15;7-5(8)3-1-2-4-6(9)10;5-1-3-7-4-2-6/h1-3H,(H,10,11)(H,12,13)(H,14,15);1-4H2,(H,7,8)(H,9,10);5-6H,1-4H2. The summed E-state index contributed by atoms with van der Waals surface area (Å²) in [5.41, 5.74) is -1.24. The predicted molar refractivity (Wildman–Crippen MR) is 106 cm³/mol. The number of aliphatic carboxylic acids is 2. The molecule has 13 heteroatoms. The molecule has 0 aliphatic heterocycles. The number of aliphatic hydroxyl groups is 2. The van der Waals surface area contributed by atoms with Crippen LogP contribution in [0.1, 0.15) is 56.8 Å². The van der Waals surface area contributed by atoms with E-state index in [0.29, 0.717) is 26.1 Å². The lowest BCUT2D eigenvalue weighted by molar-refractivity contribution is -0.139. The fourth-order valence-corrected chi connectivity index (χ4v) is 1.82. The van der Waals surface area contributed by atoms with E-state index in [1.54, 1.807) is 0 Å². The third-order valence-corrected chi connectivity index (χ3v) is 3.23. The highest BCUT2D eigenvalue weighted by Crippen LogP contribution is 2.12. The van der Waals surface area contributed by atoms with Crippen molar-refractivity contribution in [3.05, 3.63) is 34.9 Å². The van der Waals surface area contributed by atoms with Crippen molar-refractivity contribution in [1.29, 1.82) is 0 Å². The van der Waals surface area contributed by atoms with Crippen molar-refractivity contribution in [3.63, 3.8) is 0 Å². The average Bonchev–Trinajstić information content (AvgIpc) is 2.71. The molecule has 1 aromatic rings. The van der Waals surface area contributed by atoms with Crippen LogP contribution in [0, 0.1) is 0 Å². The van der Waals surface area contributed by atoms with Crippen molar-refractivity contribution in [2.75, 3.05) is 26.4 Å². The van der Waals surface area contributed by atoms with Gasteiger partial charge in [0.15, 0.2) is 0 Å². The number of carboxylic acids is 5. The number of aliphatic hydroxyl groups excluding tert-OH is 2. The van der Waals surface area contributed by atoms with Crippen LogP contribution in [0.15, 0.2) is 18.2 Å². The van der Waals surface area contributed by atoms with Gasteiger partial charge in [0.25, 0.3) is 0 Å². The molecule has 180 valence electrons. The second-order valence-corrected chi connectivity index (χ2v) is 5.73. The maximum Gasteiger partial charge on any atom is 0.336 e. The van der Waals surface area contributed by atoms with Crippen molar-refractivity contribution < 1.29 is 64.5 Å². The lowest BCUT2D eigenvalue weighted by atomic mass is 10.0. The van der Waals surface area contributed by atoms with E-state index >= 15 is 0 Å². The Morgan fingerprint density at radius 1 is 0.656 bits per heavy atom. The van der Waals surface area contributed by atoms with Crippen molar-refractivity contribution in [3.8, 4) is 0 Å². The number of hydrogen-bond acceptors (Lipinski definition) is 8. The van der Waals surface area contributed by atoms with Gasteiger partial charge in [0, 0.05) is 12.8 Å². The minimum absolute atomic E-state index is 0.0278. The molecule has 0 saturated heterocycles. The molecule has 0 spiro atoms. The number of aromatic carboxylic acids is 3. The SMILES string of the molecule is O=C(O)CCCCC(=O)O.O=C(O)c1ccc(C(=O)O)c(C(=O)O)c1.OCCOCCO. The van der Waals surface area contributed by atoms with Crippen LogP contribution >= 0.6 is 0 Å². The first kappa shape index (κ1) is 30.6. The first-order chi connectivity index (χ1) is 15.0. The van der Waals surface area contributed by atoms with Crippen molar-refractivity contribution in [2.45, 2.75) is 25.7 Å². The summed E-state index contributed by atoms with van der Waals surface area (Å²) in [6, 6.07) is 2.81. The molecule has 0 amide bonds. The summed E-state index contributed by atoms with van der Waals surface area (Å²) in [4.78, 5) is 51.6. The molecule has 0 aromatic heterocycles. The summed E-state index contributed by atoms with van der Waals surface area (Å²) in [6.45, 7) is 0.696. The average molecular weight is 462 g/mol. The van der Waals surface area contributed by atoms with Crippen LogP contribution in [0.5, 0.6) is 0 Å². The highest BCUT2D eigenvalue weighted by Gasteiger charge is 2.17. The van der Waals surface area contributed by atoms with E-state index in [1.165, 1.54) is 0 Å². The minimum Gasteiger partial charge on any atom is -0.481 e. The van der Waals surface area contributed by atoms with Crippen molar-refractivity contribution in [2.24, 2.45) is 0 Å². The summed E-state index contributed by atoms with van der Waals surface area (Å²) in [6.07, 6.45) is 1.02. The van der Waals surface area contributed by atoms with Gasteiger partial charge in [0.2, 0.25) is 0 Å². The molecule has 1 aromatic carbocycles. The lowest BCUT2D eigenvalue weighted by Gasteiger charge is -2.02. The van der Waals surface area contributed by atoms with Gasteiger partial charge in [-0.3, -0.25) is 9.59 Å². The van der Waals surface area contributed by atoms with Gasteiger partial charge in [-0.25, -0.2) is 14.4 Å².